The summed E-state index contributed by atoms with van der Waals surface area (Å²) in [4.78, 5) is 11.8. The number of hydrogen-bond donors (Lipinski definition) is 0. The Morgan fingerprint density at radius 1 is 1.54 bits per heavy atom. The van der Waals surface area contributed by atoms with Crippen LogP contribution in [0.5, 0.6) is 0 Å². The molecule has 0 aromatic heterocycles. The number of rotatable bonds is 4. The van der Waals surface area contributed by atoms with E-state index in [1.165, 1.54) is 0 Å². The molecule has 0 bridgehead atoms. The molecular weight excluding hydrogens is 248 g/mol. The van der Waals surface area contributed by atoms with Crippen LogP contribution >= 0.6 is 27.7 Å². The topological polar surface area (TPSA) is 17.1 Å². The van der Waals surface area contributed by atoms with Gasteiger partial charge in [0.1, 0.15) is 0 Å². The fourth-order valence-corrected chi connectivity index (χ4v) is 2.49. The smallest absolute Gasteiger partial charge is 0.151 e. The van der Waals surface area contributed by atoms with Gasteiger partial charge in [-0.05, 0) is 34.2 Å². The highest BCUT2D eigenvalue weighted by molar-refractivity contribution is 9.10. The first-order chi connectivity index (χ1) is 6.29. The molecule has 1 aromatic rings. The number of thioether (sulfide) groups is 1. The molecule has 0 saturated carbocycles. The standard InChI is InChI=1S/C10H11BrOS/c1-2-6-13-9-5-3-4-8(7-12)10(9)11/h3-5,7H,2,6H2,1H3. The summed E-state index contributed by atoms with van der Waals surface area (Å²) < 4.78 is 0.920. The Morgan fingerprint density at radius 3 is 2.92 bits per heavy atom. The molecule has 3 heteroatoms. The Kier molecular flexibility index (Phi) is 4.53. The molecule has 0 atom stereocenters. The minimum absolute atomic E-state index is 0.723. The first-order valence-electron chi connectivity index (χ1n) is 4.16. The van der Waals surface area contributed by atoms with Crippen LogP contribution in [0.25, 0.3) is 0 Å². The van der Waals surface area contributed by atoms with Crippen LogP contribution in [-0.4, -0.2) is 12.0 Å². The number of carbonyl (C=O) groups is 1. The first-order valence-corrected chi connectivity index (χ1v) is 5.94. The number of benzene rings is 1. The third-order valence-electron chi connectivity index (χ3n) is 1.58. The number of halogens is 1. The molecule has 13 heavy (non-hydrogen) atoms. The minimum Gasteiger partial charge on any atom is -0.298 e. The van der Waals surface area contributed by atoms with E-state index < -0.39 is 0 Å². The highest BCUT2D eigenvalue weighted by atomic mass is 79.9. The fourth-order valence-electron chi connectivity index (χ4n) is 0.942. The lowest BCUT2D eigenvalue weighted by Gasteiger charge is -2.04. The SMILES string of the molecule is CCCSc1cccc(C=O)c1Br. The Bertz CT molecular complexity index is 299. The summed E-state index contributed by atoms with van der Waals surface area (Å²) in [5.74, 6) is 1.08. The molecule has 0 spiro atoms. The van der Waals surface area contributed by atoms with Crippen molar-refractivity contribution in [3.63, 3.8) is 0 Å². The van der Waals surface area contributed by atoms with Crippen LogP contribution in [0.4, 0.5) is 0 Å². The largest absolute Gasteiger partial charge is 0.298 e. The van der Waals surface area contributed by atoms with E-state index in [9.17, 15) is 4.79 Å². The van der Waals surface area contributed by atoms with Crippen LogP contribution in [0.3, 0.4) is 0 Å². The third-order valence-corrected chi connectivity index (χ3v) is 3.99. The number of carbonyl (C=O) groups excluding carboxylic acids is 1. The van der Waals surface area contributed by atoms with E-state index >= 15 is 0 Å². The van der Waals surface area contributed by atoms with Crippen LogP contribution < -0.4 is 0 Å². The molecule has 70 valence electrons. The molecule has 0 radical (unpaired) electrons. The van der Waals surface area contributed by atoms with Crippen molar-refractivity contribution in [2.45, 2.75) is 18.2 Å². The van der Waals surface area contributed by atoms with Crippen molar-refractivity contribution in [2.24, 2.45) is 0 Å². The van der Waals surface area contributed by atoms with Crippen molar-refractivity contribution in [1.82, 2.24) is 0 Å². The molecule has 0 N–H and O–H groups in total. The highest BCUT2D eigenvalue weighted by Gasteiger charge is 2.03. The zero-order valence-corrected chi connectivity index (χ0v) is 9.82. The van der Waals surface area contributed by atoms with E-state index in [0.717, 1.165) is 33.4 Å². The van der Waals surface area contributed by atoms with Gasteiger partial charge in [-0.25, -0.2) is 0 Å². The molecular formula is C10H11BrOS. The monoisotopic (exact) mass is 258 g/mol. The lowest BCUT2D eigenvalue weighted by Crippen LogP contribution is -1.85. The Balaban J connectivity index is 2.87. The van der Waals surface area contributed by atoms with Crippen molar-refractivity contribution in [1.29, 1.82) is 0 Å². The van der Waals surface area contributed by atoms with Gasteiger partial charge in [-0.2, -0.15) is 0 Å². The molecule has 0 amide bonds. The van der Waals surface area contributed by atoms with E-state index in [4.69, 9.17) is 0 Å². The Labute approximate surface area is 91.0 Å². The molecule has 1 aromatic carbocycles. The second-order valence-corrected chi connectivity index (χ2v) is 4.56. The van der Waals surface area contributed by atoms with E-state index in [-0.39, 0.29) is 0 Å². The van der Waals surface area contributed by atoms with Gasteiger partial charge >= 0.3 is 0 Å². The summed E-state index contributed by atoms with van der Waals surface area (Å²) in [5, 5.41) is 0. The quantitative estimate of drug-likeness (QED) is 0.605. The van der Waals surface area contributed by atoms with Crippen LogP contribution in [-0.2, 0) is 0 Å². The summed E-state index contributed by atoms with van der Waals surface area (Å²) in [6, 6.07) is 5.75. The van der Waals surface area contributed by atoms with Crippen molar-refractivity contribution < 1.29 is 4.79 Å². The molecule has 1 nitrogen and oxygen atoms in total. The summed E-state index contributed by atoms with van der Waals surface area (Å²) in [6.45, 7) is 2.14. The van der Waals surface area contributed by atoms with Crippen molar-refractivity contribution >= 4 is 34.0 Å². The molecule has 0 aliphatic carbocycles. The van der Waals surface area contributed by atoms with Gasteiger partial charge in [-0.15, -0.1) is 11.8 Å². The van der Waals surface area contributed by atoms with Gasteiger partial charge < -0.3 is 0 Å². The van der Waals surface area contributed by atoms with E-state index in [1.54, 1.807) is 11.8 Å². The van der Waals surface area contributed by atoms with Crippen molar-refractivity contribution in [3.8, 4) is 0 Å². The fraction of sp³-hybridized carbons (Fsp3) is 0.300. The summed E-state index contributed by atoms with van der Waals surface area (Å²) in [5.41, 5.74) is 0.723. The molecule has 0 saturated heterocycles. The first kappa shape index (κ1) is 10.8. The average Bonchev–Trinajstić information content (AvgIpc) is 2.16. The van der Waals surface area contributed by atoms with E-state index in [1.807, 2.05) is 18.2 Å². The zero-order valence-electron chi connectivity index (χ0n) is 7.42. The lowest BCUT2D eigenvalue weighted by atomic mass is 10.2. The summed E-state index contributed by atoms with van der Waals surface area (Å²) in [6.07, 6.45) is 2.02. The number of aldehydes is 1. The van der Waals surface area contributed by atoms with Gasteiger partial charge in [0.2, 0.25) is 0 Å². The third kappa shape index (κ3) is 2.85. The van der Waals surface area contributed by atoms with Crippen molar-refractivity contribution in [3.05, 3.63) is 28.2 Å². The maximum absolute atomic E-state index is 10.6. The average molecular weight is 259 g/mol. The molecule has 0 aliphatic heterocycles. The molecule has 1 rings (SSSR count). The Hall–Kier alpha value is -0.280. The van der Waals surface area contributed by atoms with Gasteiger partial charge in [0.05, 0.1) is 0 Å². The highest BCUT2D eigenvalue weighted by Crippen LogP contribution is 2.29. The van der Waals surface area contributed by atoms with Gasteiger partial charge in [0, 0.05) is 14.9 Å². The van der Waals surface area contributed by atoms with Crippen molar-refractivity contribution in [2.75, 3.05) is 5.75 Å². The molecule has 0 unspecified atom stereocenters. The second kappa shape index (κ2) is 5.45. The summed E-state index contributed by atoms with van der Waals surface area (Å²) in [7, 11) is 0. The second-order valence-electron chi connectivity index (χ2n) is 2.63. The minimum atomic E-state index is 0.723. The maximum Gasteiger partial charge on any atom is 0.151 e. The van der Waals surface area contributed by atoms with Gasteiger partial charge in [0.15, 0.2) is 6.29 Å². The Morgan fingerprint density at radius 2 is 2.31 bits per heavy atom. The van der Waals surface area contributed by atoms with Crippen LogP contribution in [0.2, 0.25) is 0 Å². The van der Waals surface area contributed by atoms with Gasteiger partial charge in [0.25, 0.3) is 0 Å². The van der Waals surface area contributed by atoms with Gasteiger partial charge in [-0.3, -0.25) is 4.79 Å². The molecule has 0 aliphatic rings. The van der Waals surface area contributed by atoms with E-state index in [0.29, 0.717) is 0 Å². The van der Waals surface area contributed by atoms with Gasteiger partial charge in [-0.1, -0.05) is 19.1 Å². The lowest BCUT2D eigenvalue weighted by molar-refractivity contribution is 0.112. The van der Waals surface area contributed by atoms with Crippen LogP contribution in [0.1, 0.15) is 23.7 Å². The molecule has 0 fully saturated rings. The number of hydrogen-bond acceptors (Lipinski definition) is 2. The molecule has 0 heterocycles. The summed E-state index contributed by atoms with van der Waals surface area (Å²) >= 11 is 5.19. The zero-order chi connectivity index (χ0) is 9.68. The van der Waals surface area contributed by atoms with Crippen LogP contribution in [0.15, 0.2) is 27.6 Å². The maximum atomic E-state index is 10.6. The normalized spacial score (nSPS) is 10.0. The van der Waals surface area contributed by atoms with Crippen LogP contribution in [0, 0.1) is 0 Å². The predicted octanol–water partition coefficient (Wildman–Crippen LogP) is 3.76. The van der Waals surface area contributed by atoms with E-state index in [2.05, 4.69) is 22.9 Å². The predicted molar refractivity (Wildman–Crippen MR) is 60.5 cm³/mol.